The van der Waals surface area contributed by atoms with Crippen LogP contribution in [0, 0.1) is 0 Å². The van der Waals surface area contributed by atoms with E-state index in [9.17, 15) is 0 Å². The highest BCUT2D eigenvalue weighted by Crippen LogP contribution is 2.45. The molecule has 0 radical (unpaired) electrons. The Labute approximate surface area is 212 Å². The molecule has 0 unspecified atom stereocenters. The zero-order chi connectivity index (χ0) is 24.2. The van der Waals surface area contributed by atoms with Crippen LogP contribution in [0.5, 0.6) is 0 Å². The Kier molecular flexibility index (Phi) is 5.77. The van der Waals surface area contributed by atoms with E-state index in [4.69, 9.17) is 4.98 Å². The van der Waals surface area contributed by atoms with E-state index in [1.54, 1.807) is 0 Å². The van der Waals surface area contributed by atoms with Gasteiger partial charge in [-0.2, -0.15) is 0 Å². The van der Waals surface area contributed by atoms with E-state index in [-0.39, 0.29) is 0 Å². The van der Waals surface area contributed by atoms with Crippen molar-refractivity contribution in [3.8, 4) is 22.5 Å². The molecule has 0 amide bonds. The van der Waals surface area contributed by atoms with E-state index >= 15 is 0 Å². The van der Waals surface area contributed by atoms with Crippen molar-refractivity contribution in [3.63, 3.8) is 0 Å². The summed E-state index contributed by atoms with van der Waals surface area (Å²) in [5, 5.41) is 0. The van der Waals surface area contributed by atoms with Gasteiger partial charge in [0, 0.05) is 11.1 Å². The topological polar surface area (TPSA) is 17.8 Å². The fraction of sp³-hybridized carbons (Fsp3) is 0.0294. The van der Waals surface area contributed by atoms with E-state index in [1.165, 1.54) is 16.7 Å². The summed E-state index contributed by atoms with van der Waals surface area (Å²) in [6, 6.07) is 53.3. The van der Waals surface area contributed by atoms with Gasteiger partial charge >= 0.3 is 0 Å². The number of aromatic nitrogens is 2. The first kappa shape index (κ1) is 21.8. The smallest absolute Gasteiger partial charge is 0.122 e. The molecule has 0 aliphatic heterocycles. The lowest BCUT2D eigenvalue weighted by Gasteiger charge is -2.38. The second-order valence-corrected chi connectivity index (χ2v) is 8.85. The largest absolute Gasteiger partial charge is 0.311 e. The molecule has 0 bridgehead atoms. The Hall–Kier alpha value is -4.69. The maximum Gasteiger partial charge on any atom is 0.122 e. The van der Waals surface area contributed by atoms with Crippen LogP contribution < -0.4 is 0 Å². The zero-order valence-corrected chi connectivity index (χ0v) is 19.9. The van der Waals surface area contributed by atoms with E-state index in [0.29, 0.717) is 0 Å². The molecule has 0 spiro atoms. The van der Waals surface area contributed by atoms with Crippen molar-refractivity contribution >= 4 is 0 Å². The lowest BCUT2D eigenvalue weighted by molar-refractivity contribution is 0.520. The van der Waals surface area contributed by atoms with Crippen molar-refractivity contribution in [2.24, 2.45) is 0 Å². The molecule has 0 fully saturated rings. The van der Waals surface area contributed by atoms with Gasteiger partial charge in [0.2, 0.25) is 0 Å². The third kappa shape index (κ3) is 3.64. The Morgan fingerprint density at radius 2 is 0.778 bits per heavy atom. The van der Waals surface area contributed by atoms with Crippen LogP contribution in [0.4, 0.5) is 0 Å². The molecule has 0 saturated heterocycles. The van der Waals surface area contributed by atoms with Crippen LogP contribution in [-0.2, 0) is 5.54 Å². The van der Waals surface area contributed by atoms with Gasteiger partial charge in [-0.05, 0) is 16.7 Å². The van der Waals surface area contributed by atoms with Crippen LogP contribution in [0.3, 0.4) is 0 Å². The predicted molar refractivity (Wildman–Crippen MR) is 148 cm³/mol. The predicted octanol–water partition coefficient (Wildman–Crippen LogP) is 8.06. The standard InChI is InChI=1S/C34H26N2/c1-6-16-27(17-7-1)32-33(28-18-8-2-9-19-28)36(26-35-32)34(29-20-10-3-11-21-29,30-22-12-4-13-23-30)31-24-14-5-15-25-31/h1-26H. The molecule has 1 heterocycles. The third-order valence-electron chi connectivity index (χ3n) is 6.80. The van der Waals surface area contributed by atoms with Gasteiger partial charge in [-0.25, -0.2) is 4.98 Å². The highest BCUT2D eigenvalue weighted by Gasteiger charge is 2.40. The van der Waals surface area contributed by atoms with Crippen molar-refractivity contribution < 1.29 is 0 Å². The number of nitrogens with zero attached hydrogens (tertiary/aromatic N) is 2. The molecule has 0 aliphatic rings. The average molecular weight is 463 g/mol. The first-order valence-electron chi connectivity index (χ1n) is 12.2. The molecule has 6 rings (SSSR count). The van der Waals surface area contributed by atoms with Crippen molar-refractivity contribution in [2.45, 2.75) is 5.54 Å². The van der Waals surface area contributed by atoms with Crippen LogP contribution in [-0.4, -0.2) is 9.55 Å². The maximum atomic E-state index is 5.07. The van der Waals surface area contributed by atoms with Crippen molar-refractivity contribution in [2.75, 3.05) is 0 Å². The lowest BCUT2D eigenvalue weighted by Crippen LogP contribution is -2.37. The third-order valence-corrected chi connectivity index (χ3v) is 6.80. The minimum Gasteiger partial charge on any atom is -0.311 e. The number of hydrogen-bond acceptors (Lipinski definition) is 1. The van der Waals surface area contributed by atoms with Crippen LogP contribution in [0.15, 0.2) is 158 Å². The number of benzene rings is 5. The summed E-state index contributed by atoms with van der Waals surface area (Å²) in [5.74, 6) is 0. The summed E-state index contributed by atoms with van der Waals surface area (Å²) in [4.78, 5) is 5.07. The minimum absolute atomic E-state index is 0.630. The molecule has 5 aromatic carbocycles. The molecule has 2 nitrogen and oxygen atoms in total. The second kappa shape index (κ2) is 9.52. The molecular weight excluding hydrogens is 436 g/mol. The van der Waals surface area contributed by atoms with Gasteiger partial charge in [0.05, 0.1) is 17.7 Å². The van der Waals surface area contributed by atoms with Gasteiger partial charge in [0.25, 0.3) is 0 Å². The summed E-state index contributed by atoms with van der Waals surface area (Å²) in [6.07, 6.45) is 2.01. The van der Waals surface area contributed by atoms with Crippen LogP contribution in [0.1, 0.15) is 16.7 Å². The first-order valence-corrected chi connectivity index (χ1v) is 12.2. The lowest BCUT2D eigenvalue weighted by atomic mass is 9.76. The van der Waals surface area contributed by atoms with E-state index in [0.717, 1.165) is 22.5 Å². The molecule has 6 aromatic rings. The summed E-state index contributed by atoms with van der Waals surface area (Å²) < 4.78 is 2.37. The SMILES string of the molecule is c1ccc(-c2ncn(C(c3ccccc3)(c3ccccc3)c3ccccc3)c2-c2ccccc2)cc1. The van der Waals surface area contributed by atoms with Crippen molar-refractivity contribution in [1.29, 1.82) is 0 Å². The second-order valence-electron chi connectivity index (χ2n) is 8.85. The van der Waals surface area contributed by atoms with Crippen LogP contribution >= 0.6 is 0 Å². The highest BCUT2D eigenvalue weighted by atomic mass is 15.1. The number of imidazole rings is 1. The van der Waals surface area contributed by atoms with Crippen LogP contribution in [0.25, 0.3) is 22.5 Å². The molecule has 1 aromatic heterocycles. The molecule has 0 saturated carbocycles. The van der Waals surface area contributed by atoms with Crippen molar-refractivity contribution in [1.82, 2.24) is 9.55 Å². The average Bonchev–Trinajstić information content (AvgIpc) is 3.42. The number of hydrogen-bond donors (Lipinski definition) is 0. The molecule has 0 atom stereocenters. The van der Waals surface area contributed by atoms with E-state index in [1.807, 2.05) is 12.4 Å². The minimum atomic E-state index is -0.630. The highest BCUT2D eigenvalue weighted by molar-refractivity contribution is 5.79. The van der Waals surface area contributed by atoms with Gasteiger partial charge in [-0.3, -0.25) is 0 Å². The van der Waals surface area contributed by atoms with Crippen molar-refractivity contribution in [3.05, 3.63) is 175 Å². The zero-order valence-electron chi connectivity index (χ0n) is 19.9. The Balaban J connectivity index is 1.78. The van der Waals surface area contributed by atoms with Gasteiger partial charge in [-0.15, -0.1) is 0 Å². The van der Waals surface area contributed by atoms with Gasteiger partial charge in [0.1, 0.15) is 5.54 Å². The summed E-state index contributed by atoms with van der Waals surface area (Å²) in [5.41, 5.74) is 7.17. The fourth-order valence-corrected chi connectivity index (χ4v) is 5.24. The molecular formula is C34H26N2. The van der Waals surface area contributed by atoms with E-state index in [2.05, 4.69) is 150 Å². The molecule has 0 N–H and O–H groups in total. The Bertz CT molecular complexity index is 1440. The molecule has 0 aliphatic carbocycles. The van der Waals surface area contributed by atoms with Gasteiger partial charge in [0.15, 0.2) is 0 Å². The normalized spacial score (nSPS) is 11.3. The Morgan fingerprint density at radius 3 is 1.19 bits per heavy atom. The monoisotopic (exact) mass is 462 g/mol. The van der Waals surface area contributed by atoms with E-state index < -0.39 is 5.54 Å². The quantitative estimate of drug-likeness (QED) is 0.229. The first-order chi connectivity index (χ1) is 17.9. The summed E-state index contributed by atoms with van der Waals surface area (Å²) in [6.45, 7) is 0. The summed E-state index contributed by atoms with van der Waals surface area (Å²) >= 11 is 0. The Morgan fingerprint density at radius 1 is 0.417 bits per heavy atom. The van der Waals surface area contributed by atoms with Gasteiger partial charge in [-0.1, -0.05) is 152 Å². The number of rotatable bonds is 6. The molecule has 36 heavy (non-hydrogen) atoms. The van der Waals surface area contributed by atoms with Crippen LogP contribution in [0.2, 0.25) is 0 Å². The maximum absolute atomic E-state index is 5.07. The molecule has 172 valence electrons. The fourth-order valence-electron chi connectivity index (χ4n) is 5.24. The molecule has 2 heteroatoms. The summed E-state index contributed by atoms with van der Waals surface area (Å²) in [7, 11) is 0. The van der Waals surface area contributed by atoms with Gasteiger partial charge < -0.3 is 4.57 Å².